The summed E-state index contributed by atoms with van der Waals surface area (Å²) < 4.78 is 8.11. The number of fused-ring (bicyclic) bond motifs is 1. The van der Waals surface area contributed by atoms with Crippen LogP contribution >= 0.6 is 15.9 Å². The molecule has 0 spiro atoms. The number of para-hydroxylation sites is 1. The van der Waals surface area contributed by atoms with Crippen LogP contribution in [0.15, 0.2) is 41.0 Å². The first kappa shape index (κ1) is 13.7. The van der Waals surface area contributed by atoms with Gasteiger partial charge in [0, 0.05) is 16.2 Å². The Hall–Kier alpha value is -2.32. The van der Waals surface area contributed by atoms with Gasteiger partial charge in [0.2, 0.25) is 0 Å². The maximum Gasteiger partial charge on any atom is 0.152 e. The molecule has 0 saturated heterocycles. The maximum atomic E-state index is 9.52. The van der Waals surface area contributed by atoms with E-state index in [0.717, 1.165) is 21.2 Å². The van der Waals surface area contributed by atoms with Crippen molar-refractivity contribution in [3.05, 3.63) is 52.3 Å². The highest BCUT2D eigenvalue weighted by Crippen LogP contribution is 2.32. The van der Waals surface area contributed by atoms with E-state index in [4.69, 9.17) is 4.74 Å². The molecule has 0 aliphatic heterocycles. The lowest BCUT2D eigenvalue weighted by Crippen LogP contribution is -1.92. The lowest BCUT2D eigenvalue weighted by atomic mass is 10.1. The van der Waals surface area contributed by atoms with Gasteiger partial charge in [-0.1, -0.05) is 12.1 Å². The number of pyridine rings is 1. The number of aryl methyl sites for hydroxylation is 1. The zero-order valence-electron chi connectivity index (χ0n) is 11.6. The number of imidazole rings is 1. The number of nitrogens with zero attached hydrogens (tertiary/aromatic N) is 3. The summed E-state index contributed by atoms with van der Waals surface area (Å²) in [6.45, 7) is 1.99. The van der Waals surface area contributed by atoms with E-state index in [9.17, 15) is 5.26 Å². The van der Waals surface area contributed by atoms with Gasteiger partial charge < -0.3 is 4.74 Å². The van der Waals surface area contributed by atoms with Crippen LogP contribution in [0.3, 0.4) is 0 Å². The van der Waals surface area contributed by atoms with Crippen molar-refractivity contribution in [2.75, 3.05) is 7.11 Å². The Morgan fingerprint density at radius 1 is 1.33 bits per heavy atom. The molecular weight excluding hydrogens is 330 g/mol. The minimum atomic E-state index is 0.496. The van der Waals surface area contributed by atoms with Crippen LogP contribution in [0.4, 0.5) is 0 Å². The van der Waals surface area contributed by atoms with Gasteiger partial charge in [0.1, 0.15) is 23.2 Å². The molecule has 1 aromatic carbocycles. The van der Waals surface area contributed by atoms with Crippen molar-refractivity contribution in [1.82, 2.24) is 9.38 Å². The van der Waals surface area contributed by atoms with Crippen molar-refractivity contribution >= 4 is 21.6 Å². The minimum Gasteiger partial charge on any atom is -0.496 e. The predicted molar refractivity (Wildman–Crippen MR) is 84.3 cm³/mol. The molecule has 3 rings (SSSR count). The molecule has 5 heteroatoms. The second-order valence-corrected chi connectivity index (χ2v) is 5.51. The molecule has 2 aromatic heterocycles. The van der Waals surface area contributed by atoms with Gasteiger partial charge in [-0.25, -0.2) is 4.98 Å². The largest absolute Gasteiger partial charge is 0.496 e. The molecule has 0 radical (unpaired) electrons. The molecule has 104 valence electrons. The van der Waals surface area contributed by atoms with Crippen LogP contribution < -0.4 is 4.74 Å². The fraction of sp³-hybridized carbons (Fsp3) is 0.125. The third-order valence-electron chi connectivity index (χ3n) is 3.37. The van der Waals surface area contributed by atoms with Crippen LogP contribution in [0, 0.1) is 18.3 Å². The Labute approximate surface area is 130 Å². The third kappa shape index (κ3) is 2.18. The molecule has 0 aliphatic carbocycles. The first-order valence-electron chi connectivity index (χ1n) is 6.37. The number of hydrogen-bond acceptors (Lipinski definition) is 3. The fourth-order valence-electron chi connectivity index (χ4n) is 2.30. The molecule has 0 amide bonds. The number of halogens is 1. The van der Waals surface area contributed by atoms with Crippen molar-refractivity contribution in [3.63, 3.8) is 0 Å². The zero-order chi connectivity index (χ0) is 15.0. The number of ether oxygens (including phenoxy) is 1. The van der Waals surface area contributed by atoms with E-state index < -0.39 is 0 Å². The summed E-state index contributed by atoms with van der Waals surface area (Å²) in [7, 11) is 1.61. The Bertz CT molecular complexity index is 877. The summed E-state index contributed by atoms with van der Waals surface area (Å²) in [5.41, 5.74) is 3.76. The predicted octanol–water partition coefficient (Wildman–Crippen LogP) is 3.95. The van der Waals surface area contributed by atoms with E-state index in [1.54, 1.807) is 11.5 Å². The van der Waals surface area contributed by atoms with Crippen LogP contribution in [0.25, 0.3) is 16.9 Å². The molecule has 0 aliphatic rings. The van der Waals surface area contributed by atoms with E-state index in [1.807, 2.05) is 43.5 Å². The maximum absolute atomic E-state index is 9.52. The summed E-state index contributed by atoms with van der Waals surface area (Å²) >= 11 is 3.49. The number of hydrogen-bond donors (Lipinski definition) is 0. The molecular formula is C16H12BrN3O. The number of rotatable bonds is 2. The van der Waals surface area contributed by atoms with Crippen molar-refractivity contribution in [1.29, 1.82) is 5.26 Å². The standard InChI is InChI=1S/C16H12BrN3O/c1-10-7-15-19-16(11-5-3-4-6-14(11)21-2)13(8-18)20(15)9-12(10)17/h3-7,9H,1-2H3. The van der Waals surface area contributed by atoms with Crippen LogP contribution in [0.2, 0.25) is 0 Å². The minimum absolute atomic E-state index is 0.496. The fourth-order valence-corrected chi connectivity index (χ4v) is 2.61. The highest BCUT2D eigenvalue weighted by Gasteiger charge is 2.17. The van der Waals surface area contributed by atoms with Gasteiger partial charge in [0.25, 0.3) is 0 Å². The Morgan fingerprint density at radius 3 is 2.81 bits per heavy atom. The van der Waals surface area contributed by atoms with Crippen LogP contribution in [-0.2, 0) is 0 Å². The number of methoxy groups -OCH3 is 1. The number of benzene rings is 1. The van der Waals surface area contributed by atoms with Gasteiger partial charge in [0.05, 0.1) is 7.11 Å². The first-order chi connectivity index (χ1) is 10.2. The van der Waals surface area contributed by atoms with E-state index in [-0.39, 0.29) is 0 Å². The quantitative estimate of drug-likeness (QED) is 0.708. The molecule has 3 aromatic rings. The van der Waals surface area contributed by atoms with E-state index in [0.29, 0.717) is 17.1 Å². The monoisotopic (exact) mass is 341 g/mol. The van der Waals surface area contributed by atoms with Gasteiger partial charge in [-0.2, -0.15) is 5.26 Å². The van der Waals surface area contributed by atoms with Crippen molar-refractivity contribution in [3.8, 4) is 23.1 Å². The van der Waals surface area contributed by atoms with Crippen LogP contribution in [0.5, 0.6) is 5.75 Å². The van der Waals surface area contributed by atoms with Gasteiger partial charge >= 0.3 is 0 Å². The number of aromatic nitrogens is 2. The Balaban J connectivity index is 2.36. The van der Waals surface area contributed by atoms with Gasteiger partial charge in [-0.05, 0) is 46.6 Å². The molecule has 0 unspecified atom stereocenters. The van der Waals surface area contributed by atoms with E-state index >= 15 is 0 Å². The molecule has 0 saturated carbocycles. The SMILES string of the molecule is COc1ccccc1-c1nc2cc(C)c(Br)cn2c1C#N. The lowest BCUT2D eigenvalue weighted by molar-refractivity contribution is 0.416. The summed E-state index contributed by atoms with van der Waals surface area (Å²) in [5.74, 6) is 0.702. The normalized spacial score (nSPS) is 10.6. The molecule has 0 bridgehead atoms. The average molecular weight is 342 g/mol. The molecule has 0 atom stereocenters. The number of nitriles is 1. The third-order valence-corrected chi connectivity index (χ3v) is 4.20. The van der Waals surface area contributed by atoms with Crippen LogP contribution in [-0.4, -0.2) is 16.5 Å². The first-order valence-corrected chi connectivity index (χ1v) is 7.16. The van der Waals surface area contributed by atoms with Crippen LogP contribution in [0.1, 0.15) is 11.3 Å². The van der Waals surface area contributed by atoms with E-state index in [1.165, 1.54) is 0 Å². The smallest absolute Gasteiger partial charge is 0.152 e. The van der Waals surface area contributed by atoms with Gasteiger partial charge in [0.15, 0.2) is 5.69 Å². The molecule has 0 fully saturated rings. The second kappa shape index (κ2) is 5.23. The molecule has 4 nitrogen and oxygen atoms in total. The average Bonchev–Trinajstić information content (AvgIpc) is 2.85. The van der Waals surface area contributed by atoms with Gasteiger partial charge in [-0.15, -0.1) is 0 Å². The second-order valence-electron chi connectivity index (χ2n) is 4.65. The lowest BCUT2D eigenvalue weighted by Gasteiger charge is -2.05. The Kier molecular flexibility index (Phi) is 3.40. The van der Waals surface area contributed by atoms with E-state index in [2.05, 4.69) is 27.0 Å². The summed E-state index contributed by atoms with van der Waals surface area (Å²) in [6.07, 6.45) is 1.87. The molecule has 0 N–H and O–H groups in total. The zero-order valence-corrected chi connectivity index (χ0v) is 13.2. The summed E-state index contributed by atoms with van der Waals surface area (Å²) in [4.78, 5) is 4.60. The van der Waals surface area contributed by atoms with Crippen molar-refractivity contribution < 1.29 is 4.74 Å². The Morgan fingerprint density at radius 2 is 2.10 bits per heavy atom. The highest BCUT2D eigenvalue weighted by atomic mass is 79.9. The molecule has 2 heterocycles. The molecule has 21 heavy (non-hydrogen) atoms. The van der Waals surface area contributed by atoms with Gasteiger partial charge in [-0.3, -0.25) is 4.40 Å². The summed E-state index contributed by atoms with van der Waals surface area (Å²) in [5, 5.41) is 9.52. The topological polar surface area (TPSA) is 50.3 Å². The summed E-state index contributed by atoms with van der Waals surface area (Å²) in [6, 6.07) is 11.8. The van der Waals surface area contributed by atoms with Crippen molar-refractivity contribution in [2.45, 2.75) is 6.92 Å². The van der Waals surface area contributed by atoms with Crippen molar-refractivity contribution in [2.24, 2.45) is 0 Å². The highest BCUT2D eigenvalue weighted by molar-refractivity contribution is 9.10.